The van der Waals surface area contributed by atoms with Crippen molar-refractivity contribution in [1.29, 1.82) is 0 Å². The lowest BCUT2D eigenvalue weighted by Gasteiger charge is -2.04. The number of pyridine rings is 1. The van der Waals surface area contributed by atoms with E-state index < -0.39 is 0 Å². The molecule has 1 aliphatic rings. The first-order chi connectivity index (χ1) is 9.29. The third-order valence-electron chi connectivity index (χ3n) is 3.08. The zero-order valence-corrected chi connectivity index (χ0v) is 10.9. The van der Waals surface area contributed by atoms with Gasteiger partial charge in [0.25, 0.3) is 5.91 Å². The first-order valence-corrected chi connectivity index (χ1v) is 6.62. The lowest BCUT2D eigenvalue weighted by Crippen LogP contribution is -2.24. The smallest absolute Gasteiger partial charge is 0.252 e. The van der Waals surface area contributed by atoms with Gasteiger partial charge in [-0.3, -0.25) is 9.78 Å². The van der Waals surface area contributed by atoms with Crippen LogP contribution in [-0.4, -0.2) is 29.1 Å². The molecule has 0 spiro atoms. The van der Waals surface area contributed by atoms with Crippen LogP contribution >= 0.6 is 0 Å². The van der Waals surface area contributed by atoms with Crippen molar-refractivity contribution in [2.75, 3.05) is 13.2 Å². The monoisotopic (exact) mass is 258 g/mol. The average Bonchev–Trinajstić information content (AvgIpc) is 3.25. The van der Waals surface area contributed by atoms with Crippen LogP contribution in [-0.2, 0) is 0 Å². The second-order valence-corrected chi connectivity index (χ2v) is 4.76. The van der Waals surface area contributed by atoms with Crippen LogP contribution in [0.3, 0.4) is 0 Å². The summed E-state index contributed by atoms with van der Waals surface area (Å²) in [5.74, 6) is 6.06. The Morgan fingerprint density at radius 2 is 2.32 bits per heavy atom. The van der Waals surface area contributed by atoms with Crippen LogP contribution < -0.4 is 5.32 Å². The van der Waals surface area contributed by atoms with Gasteiger partial charge in [-0.05, 0) is 24.8 Å². The van der Waals surface area contributed by atoms with Crippen molar-refractivity contribution in [2.24, 2.45) is 5.92 Å². The molecule has 2 N–H and O–H groups in total. The predicted octanol–water partition coefficient (Wildman–Crippen LogP) is 1.35. The van der Waals surface area contributed by atoms with Gasteiger partial charge in [0.15, 0.2) is 0 Å². The number of amides is 1. The van der Waals surface area contributed by atoms with Gasteiger partial charge in [0.2, 0.25) is 0 Å². The number of nitrogens with zero attached hydrogens (tertiary/aromatic N) is 1. The zero-order valence-electron chi connectivity index (χ0n) is 10.9. The molecular formula is C15H18N2O2. The minimum absolute atomic E-state index is 0.115. The van der Waals surface area contributed by atoms with Crippen LogP contribution in [0.4, 0.5) is 0 Å². The Morgan fingerprint density at radius 3 is 3.05 bits per heavy atom. The first kappa shape index (κ1) is 13.6. The second-order valence-electron chi connectivity index (χ2n) is 4.76. The summed E-state index contributed by atoms with van der Waals surface area (Å²) < 4.78 is 0. The molecule has 4 heteroatoms. The Morgan fingerprint density at radius 1 is 1.47 bits per heavy atom. The van der Waals surface area contributed by atoms with Gasteiger partial charge in [-0.25, -0.2) is 0 Å². The Bertz CT molecular complexity index is 498. The fourth-order valence-electron chi connectivity index (χ4n) is 1.88. The summed E-state index contributed by atoms with van der Waals surface area (Å²) in [6.45, 7) is 0.513. The standard InChI is InChI=1S/C15H18N2O2/c18-8-2-4-13-9-14(11-16-10-13)15(19)17-7-1-3-12-5-6-12/h9-12,18H,1,3,5-8H2,(H,17,19). The summed E-state index contributed by atoms with van der Waals surface area (Å²) in [4.78, 5) is 15.9. The van der Waals surface area contributed by atoms with E-state index >= 15 is 0 Å². The molecule has 0 aromatic carbocycles. The summed E-state index contributed by atoms with van der Waals surface area (Å²) >= 11 is 0. The number of nitrogens with one attached hydrogen (secondary N) is 1. The van der Waals surface area contributed by atoms with E-state index in [-0.39, 0.29) is 12.5 Å². The van der Waals surface area contributed by atoms with Crippen molar-refractivity contribution >= 4 is 5.91 Å². The van der Waals surface area contributed by atoms with E-state index in [2.05, 4.69) is 22.1 Å². The molecule has 19 heavy (non-hydrogen) atoms. The first-order valence-electron chi connectivity index (χ1n) is 6.62. The third-order valence-corrected chi connectivity index (χ3v) is 3.08. The number of aliphatic hydroxyl groups excluding tert-OH is 1. The molecular weight excluding hydrogens is 240 g/mol. The largest absolute Gasteiger partial charge is 0.384 e. The summed E-state index contributed by atoms with van der Waals surface area (Å²) in [5, 5.41) is 11.5. The fraction of sp³-hybridized carbons (Fsp3) is 0.467. The third kappa shape index (κ3) is 4.72. The maximum Gasteiger partial charge on any atom is 0.252 e. The van der Waals surface area contributed by atoms with Gasteiger partial charge in [-0.1, -0.05) is 24.7 Å². The lowest BCUT2D eigenvalue weighted by atomic mass is 10.2. The average molecular weight is 258 g/mol. The number of hydrogen-bond donors (Lipinski definition) is 2. The molecule has 1 amide bonds. The minimum Gasteiger partial charge on any atom is -0.384 e. The Kier molecular flexibility index (Phi) is 4.93. The van der Waals surface area contributed by atoms with Crippen LogP contribution in [0.5, 0.6) is 0 Å². The van der Waals surface area contributed by atoms with Crippen molar-refractivity contribution in [1.82, 2.24) is 10.3 Å². The summed E-state index contributed by atoms with van der Waals surface area (Å²) in [6.07, 6.45) is 8.05. The van der Waals surface area contributed by atoms with E-state index in [0.717, 1.165) is 12.3 Å². The molecule has 1 aromatic rings. The van der Waals surface area contributed by atoms with E-state index in [1.165, 1.54) is 25.5 Å². The Labute approximate surface area is 113 Å². The van der Waals surface area contributed by atoms with Gasteiger partial charge in [0.05, 0.1) is 5.56 Å². The number of aromatic nitrogens is 1. The molecule has 1 heterocycles. The van der Waals surface area contributed by atoms with Crippen LogP contribution in [0, 0.1) is 17.8 Å². The van der Waals surface area contributed by atoms with Gasteiger partial charge < -0.3 is 10.4 Å². The normalized spacial score (nSPS) is 13.5. The van der Waals surface area contributed by atoms with E-state index in [1.54, 1.807) is 12.3 Å². The summed E-state index contributed by atoms with van der Waals surface area (Å²) in [5.41, 5.74) is 1.15. The highest BCUT2D eigenvalue weighted by atomic mass is 16.2. The highest BCUT2D eigenvalue weighted by Crippen LogP contribution is 2.33. The molecule has 1 saturated carbocycles. The molecule has 2 rings (SSSR count). The second kappa shape index (κ2) is 6.91. The van der Waals surface area contributed by atoms with E-state index in [0.29, 0.717) is 17.7 Å². The van der Waals surface area contributed by atoms with Gasteiger partial charge >= 0.3 is 0 Å². The van der Waals surface area contributed by atoms with Crippen molar-refractivity contribution in [3.05, 3.63) is 29.6 Å². The molecule has 0 saturated heterocycles. The molecule has 0 atom stereocenters. The molecule has 1 aromatic heterocycles. The zero-order chi connectivity index (χ0) is 13.5. The Balaban J connectivity index is 1.83. The molecule has 1 aliphatic carbocycles. The number of hydrogen-bond acceptors (Lipinski definition) is 3. The molecule has 0 unspecified atom stereocenters. The molecule has 0 radical (unpaired) electrons. The maximum atomic E-state index is 11.9. The molecule has 0 bridgehead atoms. The van der Waals surface area contributed by atoms with Gasteiger partial charge in [0, 0.05) is 24.5 Å². The molecule has 4 nitrogen and oxygen atoms in total. The number of rotatable bonds is 5. The van der Waals surface area contributed by atoms with Gasteiger partial charge in [0.1, 0.15) is 6.61 Å². The Hall–Kier alpha value is -1.86. The van der Waals surface area contributed by atoms with Crippen LogP contribution in [0.2, 0.25) is 0 Å². The topological polar surface area (TPSA) is 62.2 Å². The van der Waals surface area contributed by atoms with Crippen LogP contribution in [0.15, 0.2) is 18.5 Å². The van der Waals surface area contributed by atoms with Gasteiger partial charge in [-0.15, -0.1) is 0 Å². The van der Waals surface area contributed by atoms with Crippen molar-refractivity contribution in [3.8, 4) is 11.8 Å². The molecule has 1 fully saturated rings. The number of carbonyl (C=O) groups excluding carboxylic acids is 1. The lowest BCUT2D eigenvalue weighted by molar-refractivity contribution is 0.0952. The van der Waals surface area contributed by atoms with E-state index in [4.69, 9.17) is 5.11 Å². The van der Waals surface area contributed by atoms with Crippen molar-refractivity contribution in [2.45, 2.75) is 25.7 Å². The van der Waals surface area contributed by atoms with E-state index in [1.807, 2.05) is 0 Å². The maximum absolute atomic E-state index is 11.9. The minimum atomic E-state index is -0.197. The predicted molar refractivity (Wildman–Crippen MR) is 72.5 cm³/mol. The highest BCUT2D eigenvalue weighted by Gasteiger charge is 2.20. The summed E-state index contributed by atoms with van der Waals surface area (Å²) in [7, 11) is 0. The van der Waals surface area contributed by atoms with Crippen molar-refractivity contribution in [3.63, 3.8) is 0 Å². The van der Waals surface area contributed by atoms with Crippen LogP contribution in [0.25, 0.3) is 0 Å². The van der Waals surface area contributed by atoms with Gasteiger partial charge in [-0.2, -0.15) is 0 Å². The summed E-state index contributed by atoms with van der Waals surface area (Å²) in [6, 6.07) is 1.69. The quantitative estimate of drug-likeness (QED) is 0.619. The van der Waals surface area contributed by atoms with Crippen molar-refractivity contribution < 1.29 is 9.90 Å². The highest BCUT2D eigenvalue weighted by molar-refractivity contribution is 5.94. The fourth-order valence-corrected chi connectivity index (χ4v) is 1.88. The van der Waals surface area contributed by atoms with Crippen LogP contribution in [0.1, 0.15) is 41.6 Å². The SMILES string of the molecule is O=C(NCCCC1CC1)c1cncc(C#CCO)c1. The number of carbonyl (C=O) groups is 1. The molecule has 0 aliphatic heterocycles. The van der Waals surface area contributed by atoms with E-state index in [9.17, 15) is 4.79 Å². The molecule has 100 valence electrons. The number of aliphatic hydroxyl groups is 1.